The molecule has 15 atom stereocenters. The molecule has 0 aromatic carbocycles. The van der Waals surface area contributed by atoms with Gasteiger partial charge >= 0.3 is 168 Å². The minimum Gasteiger partial charge on any atom is -0.611 e. The maximum atomic E-state index is 12.4. The molecule has 18 aliphatic rings. The van der Waals surface area contributed by atoms with E-state index < -0.39 is 75.1 Å². The van der Waals surface area contributed by atoms with E-state index in [1.165, 1.54) is 55.4 Å². The molecule has 65 heteroatoms. The zero-order chi connectivity index (χ0) is 83.0. The molecule has 22 rings (SSSR count). The molecule has 50 nitrogen and oxygen atoms in total. The van der Waals surface area contributed by atoms with Crippen LogP contribution in [-0.4, -0.2) is 313 Å². The summed E-state index contributed by atoms with van der Waals surface area (Å²) in [6.45, 7) is 4.36. The molecule has 16 heterocycles. The molecule has 135 heavy (non-hydrogen) atoms. The zero-order valence-corrected chi connectivity index (χ0v) is 110. The molecule has 12 aliphatic heterocycles. The monoisotopic (exact) mass is 3700 g/mol. The maximum Gasteiger partial charge on any atom is 2.00 e. The summed E-state index contributed by atoms with van der Waals surface area (Å²) in [6, 6.07) is -5.24. The molecule has 12 bridgehead atoms. The Balaban J connectivity index is -0.00000150. The van der Waals surface area contributed by atoms with Crippen molar-refractivity contribution in [2.24, 2.45) is 38.3 Å². The summed E-state index contributed by atoms with van der Waals surface area (Å²) in [7, 11) is -5.02. The number of carbonyl (C=O) groups excluding carboxylic acids is 9. The molecule has 14 amide bonds. The van der Waals surface area contributed by atoms with Crippen molar-refractivity contribution < 1.29 is 336 Å². The summed E-state index contributed by atoms with van der Waals surface area (Å²) in [5.74, 6) is 5.07. The van der Waals surface area contributed by atoms with E-state index >= 15 is 0 Å². The van der Waals surface area contributed by atoms with Gasteiger partial charge in [-0.15, -0.1) is 18.8 Å². The van der Waals surface area contributed by atoms with Crippen molar-refractivity contribution in [2.45, 2.75) is 195 Å². The minimum absolute atomic E-state index is 0. The van der Waals surface area contributed by atoms with Gasteiger partial charge in [0.25, 0.3) is 0 Å². The molecule has 6 aliphatic carbocycles. The third kappa shape index (κ3) is 26.7. The smallest absolute Gasteiger partial charge is 0.611 e. The standard InChI is InChI=1S/C12H16N3O4.C11H14N4O6S.C11H13N4O3.C10H11N4O6S.C10H11N4O3.C10H14N2O4.CH3N2O.5CH3.3H3P.10W/c1-19-15-9-7-14(11(15)18)8(6-12(9)2-3-12)10(17)13-4-5-16;1-6-12-13-9(20-6)7-4-11(2-3-11)8-5-14(7)10(16)15(8)21-22(17,18)19;1-17-15-8-5-14(10(15)16)7(4-11(8)2-3-11)9-13-12-6-18-9;15-9-13-4-7(14(9)20-21(16,17)18)10(1-2-10)3-6(13)8-12-11-5-19-8;15-9-13-4-7(14(9)16)10(1-2-10)3-6(13)8-12-11-5-17-8;1-16-12-7-5-11(9(12)15)6(8(13)14)4-10(7)2-3-10;2-3-1-4;;;;;;;;;;;;;;;;;;/h8-9H,2-4,6-7H2,1H3,(H,13,17);7-8H,2-5H2,1H3,(H,17,18,19);7-8H,2-5H2,1H3;6-7H,1-4H2,(H,16,17,18);6-7,16H,1-4H2;6-7H,2-5H2,1H3,(H,13,14);2H2,(H,3,4);8*1H3;;;;;;;;;;/q-1;;3*-1;;6*-1;;;;;;;;;5*+2. The van der Waals surface area contributed by atoms with E-state index in [4.69, 9.17) is 51.2 Å². The Morgan fingerprint density at radius 3 is 0.985 bits per heavy atom. The van der Waals surface area contributed by atoms with Gasteiger partial charge in [-0.3, -0.25) is 39.5 Å². The maximum absolute atomic E-state index is 12.4. The second-order valence-corrected chi connectivity index (χ2v) is 34.5. The van der Waals surface area contributed by atoms with E-state index in [9.17, 15) is 65.2 Å². The number of aromatic nitrogens is 8. The summed E-state index contributed by atoms with van der Waals surface area (Å²) in [5, 5.41) is 58.0. The van der Waals surface area contributed by atoms with Gasteiger partial charge in [-0.2, -0.15) is 78.3 Å². The van der Waals surface area contributed by atoms with Crippen LogP contribution >= 0.6 is 29.7 Å². The largest absolute Gasteiger partial charge is 2.00 e. The average molecular weight is 3700 g/mol. The van der Waals surface area contributed by atoms with Gasteiger partial charge in [-0.1, -0.05) is 6.54 Å². The van der Waals surface area contributed by atoms with Crippen LogP contribution in [0.1, 0.15) is 169 Å². The third-order valence-corrected chi connectivity index (χ3v) is 27.3. The van der Waals surface area contributed by atoms with E-state index in [1.54, 1.807) is 35.5 Å². The van der Waals surface area contributed by atoms with E-state index in [2.05, 4.69) is 79.7 Å². The van der Waals surface area contributed by atoms with Gasteiger partial charge in [0.15, 0.2) is 0 Å². The van der Waals surface area contributed by atoms with Crippen molar-refractivity contribution in [3.05, 3.63) is 85.8 Å². The molecule has 6 spiro atoms. The summed E-state index contributed by atoms with van der Waals surface area (Å²) in [5.41, 5.74) is 1.43. The number of carboxylic acid groups (broad SMARTS) is 1. The molecule has 750 valence electrons. The first-order valence-electron chi connectivity index (χ1n) is 37.6. The first-order valence-corrected chi connectivity index (χ1v) is 40.3. The molecular weight excluding hydrogens is 3590 g/mol. The number of hydrogen-bond acceptors (Lipinski definition) is 33. The number of carboxylic acids is 1. The number of piperidine rings is 6. The van der Waals surface area contributed by atoms with Crippen molar-refractivity contribution >= 4 is 111 Å². The minimum atomic E-state index is -4.75. The van der Waals surface area contributed by atoms with Gasteiger partial charge < -0.3 is 110 Å². The average Bonchev–Trinajstić information content (AvgIpc) is 1.59. The number of hydrazine groups is 1. The molecule has 12 saturated heterocycles. The predicted octanol–water partition coefficient (Wildman–Crippen LogP) is 2.37. The van der Waals surface area contributed by atoms with Crippen LogP contribution in [0.4, 0.5) is 28.8 Å². The van der Waals surface area contributed by atoms with E-state index in [0.29, 0.717) is 88.5 Å². The Labute approximate surface area is 934 Å². The fraction of sp³-hybridized carbons (Fsp3) is 0.671. The number of hydrogen-bond donors (Lipinski definition) is 7. The van der Waals surface area contributed by atoms with Gasteiger partial charge in [0.1, 0.15) is 18.1 Å². The molecule has 6 saturated carbocycles. The molecule has 4 aromatic rings. The number of nitrogens with two attached hydrogens (primary N) is 1. The van der Waals surface area contributed by atoms with E-state index in [-0.39, 0.29) is 389 Å². The van der Waals surface area contributed by atoms with Crippen LogP contribution in [0.15, 0.2) is 17.7 Å². The number of nitrogens with zero attached hydrogens (tertiary/aromatic N) is 20. The van der Waals surface area contributed by atoms with Crippen LogP contribution in [-0.2, 0) is 274 Å². The quantitative estimate of drug-likeness (QED) is 0.0124. The SMILES string of the molecule is CON1C(=O)N2CC1C1(CC1)CC2C(=O)NC[C-]=O.CON1C(=O)N2CC1C1(CC1)CC2C(=O)O.CON1C(=O)N2CC1C1(CC1)CC2c1nn[c-]o1.Cc1nnc(C2CC3(CC3)C3CN2C(=O)N3OS(=O)(=O)O)o1.NN[C-]=O.O=C1N(O)C2CN1C(c1nn[c-]o1)CC21CC1.O=C1N2CC(N1OS(=O)(=O)O)C1(CC1)CC2c1nn[c-]o1.P.P.P.[CH3-].[CH3-].[CH3-].[CH3-].[CH3-].[W+2].[W+2].[W+2].[W+2].[W+2].[W].[W].[W].[W].[W]. The zero-order valence-electron chi connectivity index (χ0n) is 74.3. The Hall–Kier alpha value is -2.03. The molecule has 4 aromatic heterocycles. The number of aliphatic carboxylic acids is 1. The van der Waals surface area contributed by atoms with Crippen molar-refractivity contribution in [1.82, 2.24) is 111 Å². The van der Waals surface area contributed by atoms with Gasteiger partial charge in [0.05, 0.1) is 94.4 Å². The number of rotatable bonds is 16. The number of fused-ring (bicyclic) bond motifs is 18. The van der Waals surface area contributed by atoms with Gasteiger partial charge in [0, 0.05) is 170 Å². The van der Waals surface area contributed by atoms with Crippen molar-refractivity contribution in [2.75, 3.05) is 67.1 Å². The number of hydroxylamine groups is 12. The molecular formula is C70H106N23O27P3S2W10. The van der Waals surface area contributed by atoms with Crippen LogP contribution in [0.5, 0.6) is 0 Å². The summed E-state index contributed by atoms with van der Waals surface area (Å²) >= 11 is 0. The van der Waals surface area contributed by atoms with Crippen LogP contribution in [0, 0.1) is 95.7 Å². The number of nitrogens with one attached hydrogen (secondary N) is 2. The number of aryl methyl sites for hydroxylation is 1. The molecule has 0 radical (unpaired) electrons. The van der Waals surface area contributed by atoms with Crippen LogP contribution in [0.25, 0.3) is 0 Å². The normalized spacial score (nSPS) is 26.6. The van der Waals surface area contributed by atoms with Gasteiger partial charge in [-0.25, -0.2) is 75.5 Å². The number of carbonyl (C=O) groups is 8. The second kappa shape index (κ2) is 53.4. The van der Waals surface area contributed by atoms with Gasteiger partial charge in [-0.05, 0) is 148 Å². The first-order chi connectivity index (χ1) is 55.8. The summed E-state index contributed by atoms with van der Waals surface area (Å²) < 4.78 is 91.3. The fourth-order valence-corrected chi connectivity index (χ4v) is 20.4. The van der Waals surface area contributed by atoms with Crippen LogP contribution in [0.3, 0.4) is 0 Å². The Morgan fingerprint density at radius 1 is 0.444 bits per heavy atom. The van der Waals surface area contributed by atoms with Crippen molar-refractivity contribution in [1.29, 1.82) is 0 Å². The van der Waals surface area contributed by atoms with E-state index in [0.717, 1.165) is 105 Å². The topological polar surface area (TPSA) is 611 Å². The fourth-order valence-electron chi connectivity index (χ4n) is 19.7. The van der Waals surface area contributed by atoms with Crippen LogP contribution < -0.4 is 16.6 Å². The number of amides is 14. The second-order valence-electron chi connectivity index (χ2n) is 32.5. The van der Waals surface area contributed by atoms with Crippen molar-refractivity contribution in [3.8, 4) is 0 Å². The Bertz CT molecular complexity index is 4810. The molecule has 18 fully saturated rings. The molecule has 8 N–H and O–H groups in total. The summed E-state index contributed by atoms with van der Waals surface area (Å²) in [6.07, 6.45) is 25.6. The molecule has 15 unspecified atom stereocenters. The van der Waals surface area contributed by atoms with E-state index in [1.807, 2.05) is 0 Å². The Morgan fingerprint density at radius 2 is 0.711 bits per heavy atom. The van der Waals surface area contributed by atoms with Crippen LogP contribution in [0.2, 0.25) is 0 Å². The number of urea groups is 6. The first kappa shape index (κ1) is 137. The predicted molar refractivity (Wildman–Crippen MR) is 434 cm³/mol. The van der Waals surface area contributed by atoms with Gasteiger partial charge in [0.2, 0.25) is 17.7 Å². The third-order valence-electron chi connectivity index (χ3n) is 26.6. The summed E-state index contributed by atoms with van der Waals surface area (Å²) in [4.78, 5) is 140. The van der Waals surface area contributed by atoms with Crippen molar-refractivity contribution in [3.63, 3.8) is 0 Å². The Kier molecular flexibility index (Phi) is 54.2.